The van der Waals surface area contributed by atoms with Gasteiger partial charge in [0.05, 0.1) is 0 Å². The third-order valence-electron chi connectivity index (χ3n) is 3.27. The third-order valence-corrected chi connectivity index (χ3v) is 3.52. The Morgan fingerprint density at radius 1 is 1.17 bits per heavy atom. The average molecular weight is 296 g/mol. The highest BCUT2D eigenvalue weighted by atomic mass is 35.5. The van der Waals surface area contributed by atoms with Crippen LogP contribution in [0.1, 0.15) is 24.8 Å². The fourth-order valence-electron chi connectivity index (χ4n) is 2.26. The highest BCUT2D eigenvalue weighted by molar-refractivity contribution is 6.30. The molecule has 1 heterocycles. The van der Waals surface area contributed by atoms with E-state index in [-0.39, 0.29) is 30.3 Å². The fourth-order valence-corrected chi connectivity index (χ4v) is 2.39. The summed E-state index contributed by atoms with van der Waals surface area (Å²) in [5.74, 6) is -2.63. The molecule has 2 rings (SSSR count). The Hall–Kier alpha value is -0.380. The number of nitrogens with one attached hydrogen (secondary N) is 1. The van der Waals surface area contributed by atoms with E-state index in [1.807, 2.05) is 0 Å². The van der Waals surface area contributed by atoms with Gasteiger partial charge in [-0.3, -0.25) is 0 Å². The van der Waals surface area contributed by atoms with Crippen molar-refractivity contribution in [3.63, 3.8) is 0 Å². The molecule has 1 aliphatic rings. The van der Waals surface area contributed by atoms with Crippen LogP contribution < -0.4 is 5.32 Å². The molecule has 102 valence electrons. The Morgan fingerprint density at radius 3 is 2.28 bits per heavy atom. The van der Waals surface area contributed by atoms with E-state index in [9.17, 15) is 8.78 Å². The maximum Gasteiger partial charge on any atom is 0.273 e. The van der Waals surface area contributed by atoms with Crippen molar-refractivity contribution in [2.24, 2.45) is 5.92 Å². The van der Waals surface area contributed by atoms with Crippen molar-refractivity contribution in [3.8, 4) is 0 Å². The first kappa shape index (κ1) is 15.7. The Balaban J connectivity index is 0.00000162. The van der Waals surface area contributed by atoms with Gasteiger partial charge in [0.2, 0.25) is 0 Å². The van der Waals surface area contributed by atoms with Crippen molar-refractivity contribution >= 4 is 24.0 Å². The molecule has 1 fully saturated rings. The van der Waals surface area contributed by atoms with Gasteiger partial charge in [-0.05, 0) is 44.0 Å². The lowest BCUT2D eigenvalue weighted by atomic mass is 9.89. The second kappa shape index (κ2) is 6.69. The molecule has 0 aliphatic carbocycles. The number of halogens is 4. The van der Waals surface area contributed by atoms with E-state index in [1.54, 1.807) is 0 Å². The third kappa shape index (κ3) is 4.08. The second-order valence-corrected chi connectivity index (χ2v) is 5.05. The van der Waals surface area contributed by atoms with Crippen LogP contribution in [0.3, 0.4) is 0 Å². The van der Waals surface area contributed by atoms with Gasteiger partial charge >= 0.3 is 0 Å². The molecule has 18 heavy (non-hydrogen) atoms. The predicted molar refractivity (Wildman–Crippen MR) is 72.8 cm³/mol. The van der Waals surface area contributed by atoms with E-state index in [0.29, 0.717) is 5.02 Å². The smallest absolute Gasteiger partial charge is 0.273 e. The second-order valence-electron chi connectivity index (χ2n) is 4.61. The molecule has 1 saturated heterocycles. The zero-order valence-corrected chi connectivity index (χ0v) is 11.5. The summed E-state index contributed by atoms with van der Waals surface area (Å²) in [6.07, 6.45) is 1.61. The van der Waals surface area contributed by atoms with Gasteiger partial charge in [-0.1, -0.05) is 23.7 Å². The number of rotatable bonds is 3. The summed E-state index contributed by atoms with van der Waals surface area (Å²) < 4.78 is 28.0. The molecular weight excluding hydrogens is 279 g/mol. The van der Waals surface area contributed by atoms with Crippen molar-refractivity contribution in [2.45, 2.75) is 25.2 Å². The van der Waals surface area contributed by atoms with Crippen molar-refractivity contribution in [1.29, 1.82) is 0 Å². The number of piperidine rings is 1. The van der Waals surface area contributed by atoms with Gasteiger partial charge in [-0.15, -0.1) is 12.4 Å². The molecule has 1 nitrogen and oxygen atoms in total. The lowest BCUT2D eigenvalue weighted by molar-refractivity contribution is -0.0326. The SMILES string of the molecule is Cl.FC(F)(CC1CCNCC1)c1ccc(Cl)cc1. The Bertz CT molecular complexity index is 362. The first-order chi connectivity index (χ1) is 8.08. The first-order valence-electron chi connectivity index (χ1n) is 5.92. The summed E-state index contributed by atoms with van der Waals surface area (Å²) in [5, 5.41) is 3.68. The maximum absolute atomic E-state index is 14.0. The van der Waals surface area contributed by atoms with Crippen LogP contribution in [-0.4, -0.2) is 13.1 Å². The normalized spacial score (nSPS) is 17.3. The monoisotopic (exact) mass is 295 g/mol. The summed E-state index contributed by atoms with van der Waals surface area (Å²) in [6.45, 7) is 1.70. The molecule has 0 amide bonds. The van der Waals surface area contributed by atoms with Crippen LogP contribution >= 0.6 is 24.0 Å². The lowest BCUT2D eigenvalue weighted by Gasteiger charge is -2.27. The Kier molecular flexibility index (Phi) is 5.83. The van der Waals surface area contributed by atoms with E-state index in [1.165, 1.54) is 24.3 Å². The van der Waals surface area contributed by atoms with E-state index in [4.69, 9.17) is 11.6 Å². The minimum atomic E-state index is -2.74. The molecule has 1 aliphatic heterocycles. The van der Waals surface area contributed by atoms with Gasteiger partial charge in [0, 0.05) is 17.0 Å². The summed E-state index contributed by atoms with van der Waals surface area (Å²) in [7, 11) is 0. The number of hydrogen-bond acceptors (Lipinski definition) is 1. The molecule has 1 aromatic carbocycles. The average Bonchev–Trinajstić information content (AvgIpc) is 2.30. The van der Waals surface area contributed by atoms with Gasteiger partial charge in [-0.25, -0.2) is 8.78 Å². The molecule has 1 N–H and O–H groups in total. The number of hydrogen-bond donors (Lipinski definition) is 1. The number of benzene rings is 1. The van der Waals surface area contributed by atoms with Crippen LogP contribution in [0.2, 0.25) is 5.02 Å². The molecule has 0 atom stereocenters. The van der Waals surface area contributed by atoms with Crippen molar-refractivity contribution in [2.75, 3.05) is 13.1 Å². The molecule has 0 bridgehead atoms. The minimum absolute atomic E-state index is 0. The quantitative estimate of drug-likeness (QED) is 0.879. The summed E-state index contributed by atoms with van der Waals surface area (Å²) in [6, 6.07) is 5.88. The highest BCUT2D eigenvalue weighted by Crippen LogP contribution is 2.37. The predicted octanol–water partition coefficient (Wildman–Crippen LogP) is 4.24. The van der Waals surface area contributed by atoms with Crippen molar-refractivity contribution < 1.29 is 8.78 Å². The van der Waals surface area contributed by atoms with Crippen LogP contribution in [-0.2, 0) is 5.92 Å². The number of alkyl halides is 2. The van der Waals surface area contributed by atoms with Crippen LogP contribution in [0.5, 0.6) is 0 Å². The van der Waals surface area contributed by atoms with E-state index in [2.05, 4.69) is 5.32 Å². The standard InChI is InChI=1S/C13H16ClF2N.ClH/c14-12-3-1-11(2-4-12)13(15,16)9-10-5-7-17-8-6-10;/h1-4,10,17H,5-9H2;1H. The molecule has 1 aromatic rings. The van der Waals surface area contributed by atoms with Crippen LogP contribution in [0.25, 0.3) is 0 Å². The molecule has 0 saturated carbocycles. The van der Waals surface area contributed by atoms with Gasteiger partial charge in [0.1, 0.15) is 0 Å². The fraction of sp³-hybridized carbons (Fsp3) is 0.538. The summed E-state index contributed by atoms with van der Waals surface area (Å²) in [5.41, 5.74) is 0.0698. The maximum atomic E-state index is 14.0. The molecule has 0 radical (unpaired) electrons. The Morgan fingerprint density at radius 2 is 1.72 bits per heavy atom. The van der Waals surface area contributed by atoms with Crippen LogP contribution in [0.4, 0.5) is 8.78 Å². The zero-order valence-electron chi connectivity index (χ0n) is 9.96. The molecule has 0 spiro atoms. The van der Waals surface area contributed by atoms with Crippen molar-refractivity contribution in [3.05, 3.63) is 34.9 Å². The summed E-state index contributed by atoms with van der Waals surface area (Å²) in [4.78, 5) is 0. The zero-order chi connectivity index (χ0) is 12.3. The molecule has 0 aromatic heterocycles. The van der Waals surface area contributed by atoms with Gasteiger partial charge in [0.15, 0.2) is 0 Å². The largest absolute Gasteiger partial charge is 0.317 e. The minimum Gasteiger partial charge on any atom is -0.317 e. The lowest BCUT2D eigenvalue weighted by Crippen LogP contribution is -2.30. The highest BCUT2D eigenvalue weighted by Gasteiger charge is 2.34. The first-order valence-corrected chi connectivity index (χ1v) is 6.30. The van der Waals surface area contributed by atoms with Crippen LogP contribution in [0, 0.1) is 5.92 Å². The van der Waals surface area contributed by atoms with Gasteiger partial charge in [-0.2, -0.15) is 0 Å². The van der Waals surface area contributed by atoms with E-state index in [0.717, 1.165) is 25.9 Å². The Labute approximate surface area is 117 Å². The summed E-state index contributed by atoms with van der Waals surface area (Å²) >= 11 is 5.70. The van der Waals surface area contributed by atoms with E-state index < -0.39 is 5.92 Å². The van der Waals surface area contributed by atoms with Crippen LogP contribution in [0.15, 0.2) is 24.3 Å². The van der Waals surface area contributed by atoms with Gasteiger partial charge in [0.25, 0.3) is 5.92 Å². The topological polar surface area (TPSA) is 12.0 Å². The molecule has 5 heteroatoms. The molecule has 0 unspecified atom stereocenters. The van der Waals surface area contributed by atoms with Gasteiger partial charge < -0.3 is 5.32 Å². The molecular formula is C13H17Cl2F2N. The van der Waals surface area contributed by atoms with E-state index >= 15 is 0 Å². The van der Waals surface area contributed by atoms with Crippen molar-refractivity contribution in [1.82, 2.24) is 5.32 Å².